The topological polar surface area (TPSA) is 198 Å². The van der Waals surface area contributed by atoms with Crippen molar-refractivity contribution in [2.24, 2.45) is 0 Å². The lowest BCUT2D eigenvalue weighted by atomic mass is 9.74. The summed E-state index contributed by atoms with van der Waals surface area (Å²) in [5, 5.41) is 25.3. The zero-order chi connectivity index (χ0) is 80.2. The molecular weight excluding hydrogens is 1380 g/mol. The summed E-state index contributed by atoms with van der Waals surface area (Å²) in [7, 11) is 2.74. The lowest BCUT2D eigenvalue weighted by Gasteiger charge is -2.37. The number of benzene rings is 12. The number of carbonyl (C=O) groups excluding carboxylic acids is 5. The molecule has 0 spiro atoms. The van der Waals surface area contributed by atoms with Gasteiger partial charge in [-0.05, 0) is 143 Å². The van der Waals surface area contributed by atoms with Gasteiger partial charge in [0.25, 0.3) is 0 Å². The number of esters is 5. The highest BCUT2D eigenvalue weighted by atomic mass is 19.1. The SMILES string of the molecule is C=C(C)C(=O)OC1(C)c2ccccc2-c2cccc3cccc1c23.C=C(C)C(=O)OC1(C)c2ccccc2-c2cccc3cccc1c23.C=C(C)C(=O)OC1(C)c2ccccc2-c2cccc3cccc1c23.C=C(C)C(=O)OC1(C)c2ccccc2-c2cccc3cccc1c23.CC#N.CF.COC(C)=O.C[N+](=O)[O-]. The molecule has 0 fully saturated rings. The van der Waals surface area contributed by atoms with Crippen LogP contribution in [-0.2, 0) is 70.1 Å². The summed E-state index contributed by atoms with van der Waals surface area (Å²) >= 11 is 0. The van der Waals surface area contributed by atoms with Gasteiger partial charge < -0.3 is 23.7 Å². The Hall–Kier alpha value is -13.2. The number of carbonyl (C=O) groups is 5. The van der Waals surface area contributed by atoms with Crippen LogP contribution in [0.4, 0.5) is 4.39 Å². The van der Waals surface area contributed by atoms with E-state index >= 15 is 0 Å². The van der Waals surface area contributed by atoms with Crippen LogP contribution in [0.5, 0.6) is 0 Å². The summed E-state index contributed by atoms with van der Waals surface area (Å²) in [5.74, 6) is -1.73. The van der Waals surface area contributed by atoms with Gasteiger partial charge in [0.2, 0.25) is 0 Å². The minimum atomic E-state index is -0.833. The van der Waals surface area contributed by atoms with Gasteiger partial charge in [0.15, 0.2) is 29.5 Å². The number of alkyl halides is 1. The van der Waals surface area contributed by atoms with Crippen LogP contribution in [0, 0.1) is 21.4 Å². The number of methoxy groups -OCH3 is 1. The van der Waals surface area contributed by atoms with Gasteiger partial charge in [0.05, 0.1) is 20.4 Å². The molecule has 0 saturated heterocycles. The maximum absolute atomic E-state index is 12.3. The van der Waals surface area contributed by atoms with Crippen molar-refractivity contribution in [3.63, 3.8) is 0 Å². The monoisotopic (exact) mass is 1470 g/mol. The fourth-order valence-electron chi connectivity index (χ4n) is 14.5. The minimum Gasteiger partial charge on any atom is -0.469 e. The maximum atomic E-state index is 12.3. The van der Waals surface area contributed by atoms with Crippen molar-refractivity contribution in [1.29, 1.82) is 5.26 Å². The van der Waals surface area contributed by atoms with E-state index in [1.54, 1.807) is 33.8 Å². The van der Waals surface area contributed by atoms with E-state index in [1.165, 1.54) is 43.2 Å². The molecule has 15 heteroatoms. The highest BCUT2D eigenvalue weighted by Crippen LogP contribution is 2.54. The number of halogens is 1. The second-order valence-electron chi connectivity index (χ2n) is 27.2. The third-order valence-corrected chi connectivity index (χ3v) is 19.5. The van der Waals surface area contributed by atoms with E-state index in [4.69, 9.17) is 34.3 Å². The Labute approximate surface area is 641 Å². The highest BCUT2D eigenvalue weighted by molar-refractivity contribution is 6.07. The van der Waals surface area contributed by atoms with Crippen molar-refractivity contribution in [2.45, 2.75) is 91.6 Å². The molecule has 0 aromatic heterocycles. The van der Waals surface area contributed by atoms with Crippen LogP contribution in [-0.4, -0.2) is 56.1 Å². The fourth-order valence-corrected chi connectivity index (χ4v) is 14.5. The number of hydrogen-bond donors (Lipinski definition) is 0. The second-order valence-corrected chi connectivity index (χ2v) is 27.2. The van der Waals surface area contributed by atoms with E-state index < -0.39 is 27.3 Å². The van der Waals surface area contributed by atoms with Crippen LogP contribution in [0.25, 0.3) is 87.6 Å². The molecule has 0 aliphatic heterocycles. The van der Waals surface area contributed by atoms with Gasteiger partial charge in [-0.15, -0.1) is 0 Å². The molecular formula is C95H87FN2O12. The van der Waals surface area contributed by atoms with E-state index in [2.05, 4.69) is 152 Å². The van der Waals surface area contributed by atoms with Crippen molar-refractivity contribution >= 4 is 72.9 Å². The molecule has 4 aliphatic rings. The number of nitriles is 1. The number of ether oxygens (including phenoxy) is 5. The predicted molar refractivity (Wildman–Crippen MR) is 436 cm³/mol. The van der Waals surface area contributed by atoms with Crippen LogP contribution in [0.1, 0.15) is 114 Å². The summed E-state index contributed by atoms with van der Waals surface area (Å²) in [6.45, 7) is 32.3. The summed E-state index contributed by atoms with van der Waals surface area (Å²) in [6, 6.07) is 84.1. The van der Waals surface area contributed by atoms with Crippen LogP contribution in [0.15, 0.2) is 291 Å². The number of rotatable bonds is 8. The quantitative estimate of drug-likeness (QED) is 0.0458. The molecule has 12 aromatic carbocycles. The van der Waals surface area contributed by atoms with Crippen molar-refractivity contribution in [2.75, 3.05) is 21.3 Å². The first kappa shape index (κ1) is 80.9. The summed E-state index contributed by atoms with van der Waals surface area (Å²) in [4.78, 5) is 67.2. The van der Waals surface area contributed by atoms with Crippen LogP contribution in [0.3, 0.4) is 0 Å². The van der Waals surface area contributed by atoms with Crippen molar-refractivity contribution in [1.82, 2.24) is 0 Å². The van der Waals surface area contributed by atoms with Crippen LogP contribution >= 0.6 is 0 Å². The van der Waals surface area contributed by atoms with E-state index in [9.17, 15) is 28.4 Å². The zero-order valence-corrected chi connectivity index (χ0v) is 64.1. The summed E-state index contributed by atoms with van der Waals surface area (Å²) in [5.41, 5.74) is 15.5. The Morgan fingerprint density at radius 3 is 0.655 bits per heavy atom. The molecule has 0 amide bonds. The maximum Gasteiger partial charge on any atom is 0.334 e. The van der Waals surface area contributed by atoms with E-state index in [1.807, 2.05) is 149 Å². The Morgan fingerprint density at radius 2 is 0.491 bits per heavy atom. The molecule has 556 valence electrons. The third kappa shape index (κ3) is 15.9. The Balaban J connectivity index is 0.000000159. The highest BCUT2D eigenvalue weighted by Gasteiger charge is 2.45. The molecule has 12 aromatic rings. The van der Waals surface area contributed by atoms with Crippen molar-refractivity contribution in [3.05, 3.63) is 346 Å². The molecule has 110 heavy (non-hydrogen) atoms. The smallest absolute Gasteiger partial charge is 0.334 e. The average Bonchev–Trinajstić information content (AvgIpc) is 0.739. The first-order valence-corrected chi connectivity index (χ1v) is 35.4. The number of nitro groups is 1. The number of hydrogen-bond acceptors (Lipinski definition) is 13. The van der Waals surface area contributed by atoms with Gasteiger partial charge in [-0.3, -0.25) is 19.3 Å². The zero-order valence-electron chi connectivity index (χ0n) is 64.1. The molecule has 14 nitrogen and oxygen atoms in total. The first-order valence-electron chi connectivity index (χ1n) is 35.4. The third-order valence-electron chi connectivity index (χ3n) is 19.5. The number of nitrogens with zero attached hydrogens (tertiary/aromatic N) is 2. The summed E-state index contributed by atoms with van der Waals surface area (Å²) < 4.78 is 37.5. The lowest BCUT2D eigenvalue weighted by Crippen LogP contribution is -2.33. The molecule has 0 N–H and O–H groups in total. The molecule has 16 rings (SSSR count). The van der Waals surface area contributed by atoms with Gasteiger partial charge in [-0.25, -0.2) is 19.2 Å². The Kier molecular flexibility index (Phi) is 25.1. The second kappa shape index (κ2) is 34.1. The average molecular weight is 1470 g/mol. The molecule has 0 radical (unpaired) electrons. The minimum absolute atomic E-state index is 0.245. The Bertz CT molecular complexity index is 5030. The standard InChI is InChI=1S/4C22H18O2.C3H6O2.C2H3N.CH3F.CH3NO2/c4*1-14(2)21(23)24-22(3)18-12-5-4-10-16(18)17-11-6-8-15-9-7-13-19(22)20(15)17;1-3(4)5-2;1-2-3;1-2;1-2(3)4/h4*4-13H,1H2,2-3H3;1-2H3;1H3;1H3;1H3. The molecule has 0 heterocycles. The molecule has 4 aliphatic carbocycles. The van der Waals surface area contributed by atoms with E-state index in [0.29, 0.717) is 29.5 Å². The van der Waals surface area contributed by atoms with E-state index in [0.717, 1.165) is 117 Å². The van der Waals surface area contributed by atoms with Gasteiger partial charge in [0.1, 0.15) is 0 Å². The fraction of sp³-hybridized carbons (Fsp3) is 0.179. The molecule has 0 bridgehead atoms. The van der Waals surface area contributed by atoms with Gasteiger partial charge in [-0.2, -0.15) is 5.26 Å². The largest absolute Gasteiger partial charge is 0.469 e. The lowest BCUT2D eigenvalue weighted by molar-refractivity contribution is -0.445. The van der Waals surface area contributed by atoms with Gasteiger partial charge in [-0.1, -0.05) is 269 Å². The van der Waals surface area contributed by atoms with Crippen molar-refractivity contribution in [3.8, 4) is 50.6 Å². The van der Waals surface area contributed by atoms with Crippen LogP contribution < -0.4 is 0 Å². The number of fused-ring (bicyclic) bond motifs is 8. The first-order chi connectivity index (χ1) is 52.5. The van der Waals surface area contributed by atoms with Gasteiger partial charge in [0, 0.05) is 85.6 Å². The van der Waals surface area contributed by atoms with Crippen molar-refractivity contribution < 1.29 is 57.0 Å². The molecule has 4 atom stereocenters. The molecule has 4 unspecified atom stereocenters. The Morgan fingerprint density at radius 1 is 0.345 bits per heavy atom. The predicted octanol–water partition coefficient (Wildman–Crippen LogP) is 22.0. The molecule has 0 saturated carbocycles. The van der Waals surface area contributed by atoms with Crippen LogP contribution in [0.2, 0.25) is 0 Å². The van der Waals surface area contributed by atoms with E-state index in [-0.39, 0.29) is 29.8 Å². The normalized spacial score (nSPS) is 16.4. The van der Waals surface area contributed by atoms with Gasteiger partial charge >= 0.3 is 29.8 Å². The summed E-state index contributed by atoms with van der Waals surface area (Å²) in [6.07, 6.45) is 0.